The third kappa shape index (κ3) is 5.94. The van der Waals surface area contributed by atoms with Crippen LogP contribution in [-0.2, 0) is 20.9 Å². The number of nitrogens with zero attached hydrogens (tertiary/aromatic N) is 3. The van der Waals surface area contributed by atoms with Crippen molar-refractivity contribution in [1.29, 1.82) is 0 Å². The monoisotopic (exact) mass is 454 g/mol. The maximum atomic E-state index is 12.9. The van der Waals surface area contributed by atoms with Gasteiger partial charge in [-0.1, -0.05) is 30.3 Å². The molecule has 0 atom stereocenters. The summed E-state index contributed by atoms with van der Waals surface area (Å²) in [6.45, 7) is 5.97. The first-order chi connectivity index (χ1) is 15.4. The first-order valence-corrected chi connectivity index (χ1v) is 11.2. The Morgan fingerprint density at radius 2 is 1.97 bits per heavy atom. The third-order valence-corrected chi connectivity index (χ3v) is 6.08. The number of anilines is 1. The van der Waals surface area contributed by atoms with E-state index in [1.54, 1.807) is 56.1 Å². The summed E-state index contributed by atoms with van der Waals surface area (Å²) in [6, 6.07) is 8.92. The maximum Gasteiger partial charge on any atom is 0.306 e. The Kier molecular flexibility index (Phi) is 7.99. The number of hydrogen-bond acceptors (Lipinski definition) is 8. The van der Waals surface area contributed by atoms with Gasteiger partial charge in [-0.3, -0.25) is 14.4 Å². The van der Waals surface area contributed by atoms with E-state index in [-0.39, 0.29) is 36.5 Å². The van der Waals surface area contributed by atoms with Crippen molar-refractivity contribution in [3.63, 3.8) is 0 Å². The van der Waals surface area contributed by atoms with Gasteiger partial charge in [0.25, 0.3) is 0 Å². The van der Waals surface area contributed by atoms with Crippen LogP contribution in [0.4, 0.5) is 5.82 Å². The second kappa shape index (κ2) is 10.9. The van der Waals surface area contributed by atoms with Crippen molar-refractivity contribution in [3.05, 3.63) is 64.1 Å². The van der Waals surface area contributed by atoms with Crippen LogP contribution in [0.25, 0.3) is 0 Å². The Morgan fingerprint density at radius 3 is 2.69 bits per heavy atom. The fraction of sp³-hybridized carbons (Fsp3) is 0.348. The van der Waals surface area contributed by atoms with Gasteiger partial charge in [0.05, 0.1) is 26.1 Å². The molecule has 1 aromatic carbocycles. The lowest BCUT2D eigenvalue weighted by atomic mass is 10.2. The number of aryl methyl sites for hydroxylation is 1. The SMILES string of the molecule is CCOC(=O)CC/C(SC(=O)c1ccccc1)=C(\C)N1Cc2cnc(C)nc2NCC1=O. The minimum absolute atomic E-state index is 0.0727. The lowest BCUT2D eigenvalue weighted by molar-refractivity contribution is -0.143. The standard InChI is InChI=1S/C23H26N4O4S/c1-4-31-21(29)11-10-19(32-23(30)17-8-6-5-7-9-17)15(2)27-14-18-12-24-16(3)26-22(18)25-13-20(27)28/h5-9,12H,4,10-11,13-14H2,1-3H3,(H,24,25,26)/b19-15-. The molecular weight excluding hydrogens is 428 g/mol. The Bertz CT molecular complexity index is 1040. The van der Waals surface area contributed by atoms with Crippen molar-refractivity contribution >= 4 is 34.6 Å². The molecule has 32 heavy (non-hydrogen) atoms. The maximum absolute atomic E-state index is 12.9. The summed E-state index contributed by atoms with van der Waals surface area (Å²) < 4.78 is 5.04. The van der Waals surface area contributed by atoms with E-state index in [0.717, 1.165) is 17.3 Å². The molecule has 0 unspecified atom stereocenters. The molecule has 168 valence electrons. The van der Waals surface area contributed by atoms with Crippen LogP contribution in [0.2, 0.25) is 0 Å². The highest BCUT2D eigenvalue weighted by Gasteiger charge is 2.26. The summed E-state index contributed by atoms with van der Waals surface area (Å²) in [5, 5.41) is 2.91. The van der Waals surface area contributed by atoms with Gasteiger partial charge in [-0.15, -0.1) is 0 Å². The molecule has 1 amide bonds. The van der Waals surface area contributed by atoms with Crippen molar-refractivity contribution in [1.82, 2.24) is 14.9 Å². The van der Waals surface area contributed by atoms with Crippen LogP contribution in [0.15, 0.2) is 47.1 Å². The number of hydrogen-bond donors (Lipinski definition) is 1. The molecule has 1 aromatic heterocycles. The second-order valence-corrected chi connectivity index (χ2v) is 8.26. The van der Waals surface area contributed by atoms with Crippen LogP contribution in [0.1, 0.15) is 48.4 Å². The minimum atomic E-state index is -0.344. The fourth-order valence-corrected chi connectivity index (χ4v) is 4.17. The number of fused-ring (bicyclic) bond motifs is 1. The molecule has 8 nitrogen and oxygen atoms in total. The molecule has 1 aliphatic rings. The van der Waals surface area contributed by atoms with Gasteiger partial charge in [-0.2, -0.15) is 0 Å². The highest BCUT2D eigenvalue weighted by molar-refractivity contribution is 8.17. The van der Waals surface area contributed by atoms with E-state index < -0.39 is 0 Å². The molecule has 2 aromatic rings. The Labute approximate surface area is 191 Å². The number of carbonyl (C=O) groups excluding carboxylic acids is 3. The van der Waals surface area contributed by atoms with Crippen LogP contribution in [0.3, 0.4) is 0 Å². The smallest absolute Gasteiger partial charge is 0.306 e. The fourth-order valence-electron chi connectivity index (χ4n) is 3.23. The summed E-state index contributed by atoms with van der Waals surface area (Å²) >= 11 is 1.04. The van der Waals surface area contributed by atoms with Gasteiger partial charge in [-0.05, 0) is 39.0 Å². The van der Waals surface area contributed by atoms with Crippen LogP contribution in [0, 0.1) is 6.92 Å². The number of thioether (sulfide) groups is 1. The number of esters is 1. The number of amides is 1. The van der Waals surface area contributed by atoms with Gasteiger partial charge < -0.3 is 15.0 Å². The molecule has 0 saturated heterocycles. The molecule has 0 radical (unpaired) electrons. The van der Waals surface area contributed by atoms with Crippen molar-refractivity contribution in [3.8, 4) is 0 Å². The van der Waals surface area contributed by atoms with E-state index in [4.69, 9.17) is 4.74 Å². The van der Waals surface area contributed by atoms with E-state index in [2.05, 4.69) is 15.3 Å². The number of aromatic nitrogens is 2. The van der Waals surface area contributed by atoms with Crippen molar-refractivity contribution in [2.45, 2.75) is 40.2 Å². The lowest BCUT2D eigenvalue weighted by Gasteiger charge is -2.24. The van der Waals surface area contributed by atoms with E-state index in [0.29, 0.717) is 40.8 Å². The summed E-state index contributed by atoms with van der Waals surface area (Å²) in [5.41, 5.74) is 1.96. The Balaban J connectivity index is 1.91. The number of ether oxygens (including phenoxy) is 1. The molecule has 9 heteroatoms. The van der Waals surface area contributed by atoms with Gasteiger partial charge in [0.1, 0.15) is 11.6 Å². The number of benzene rings is 1. The summed E-state index contributed by atoms with van der Waals surface area (Å²) in [4.78, 5) is 48.6. The zero-order valence-electron chi connectivity index (χ0n) is 18.4. The molecule has 1 aliphatic heterocycles. The number of rotatable bonds is 7. The van der Waals surface area contributed by atoms with Crippen molar-refractivity contribution in [2.75, 3.05) is 18.5 Å². The number of allylic oxidation sites excluding steroid dienone is 2. The molecule has 0 bridgehead atoms. The molecule has 3 rings (SSSR count). The van der Waals surface area contributed by atoms with Gasteiger partial charge in [0, 0.05) is 27.9 Å². The predicted octanol–water partition coefficient (Wildman–Crippen LogP) is 3.69. The van der Waals surface area contributed by atoms with Crippen LogP contribution >= 0.6 is 11.8 Å². The largest absolute Gasteiger partial charge is 0.466 e. The zero-order valence-corrected chi connectivity index (χ0v) is 19.2. The van der Waals surface area contributed by atoms with Crippen molar-refractivity contribution in [2.24, 2.45) is 0 Å². The number of carbonyl (C=O) groups is 3. The minimum Gasteiger partial charge on any atom is -0.466 e. The average molecular weight is 455 g/mol. The van der Waals surface area contributed by atoms with Gasteiger partial charge >= 0.3 is 5.97 Å². The Hall–Kier alpha value is -3.20. The molecule has 0 saturated carbocycles. The topological polar surface area (TPSA) is 101 Å². The van der Waals surface area contributed by atoms with Gasteiger partial charge in [0.15, 0.2) is 0 Å². The van der Waals surface area contributed by atoms with Crippen LogP contribution in [0.5, 0.6) is 0 Å². The van der Waals surface area contributed by atoms with E-state index in [1.807, 2.05) is 6.07 Å². The molecule has 1 N–H and O–H groups in total. The highest BCUT2D eigenvalue weighted by Crippen LogP contribution is 2.32. The van der Waals surface area contributed by atoms with E-state index in [1.165, 1.54) is 0 Å². The zero-order chi connectivity index (χ0) is 23.1. The molecule has 0 aliphatic carbocycles. The lowest BCUT2D eigenvalue weighted by Crippen LogP contribution is -2.32. The van der Waals surface area contributed by atoms with Crippen LogP contribution < -0.4 is 5.32 Å². The average Bonchev–Trinajstić information content (AvgIpc) is 2.95. The summed E-state index contributed by atoms with van der Waals surface area (Å²) in [6.07, 6.45) is 2.11. The quantitative estimate of drug-likeness (QED) is 0.632. The Morgan fingerprint density at radius 1 is 1.22 bits per heavy atom. The normalized spacial score (nSPS) is 14.1. The second-order valence-electron chi connectivity index (χ2n) is 7.19. The molecule has 2 heterocycles. The molecule has 0 spiro atoms. The van der Waals surface area contributed by atoms with Crippen molar-refractivity contribution < 1.29 is 19.1 Å². The third-order valence-electron chi connectivity index (χ3n) is 4.92. The van der Waals surface area contributed by atoms with E-state index >= 15 is 0 Å². The number of nitrogens with one attached hydrogen (secondary N) is 1. The predicted molar refractivity (Wildman–Crippen MR) is 123 cm³/mol. The first-order valence-electron chi connectivity index (χ1n) is 10.4. The van der Waals surface area contributed by atoms with Gasteiger partial charge in [-0.25, -0.2) is 9.97 Å². The summed E-state index contributed by atoms with van der Waals surface area (Å²) in [7, 11) is 0. The molecular formula is C23H26N4O4S. The first kappa shape index (κ1) is 23.5. The summed E-state index contributed by atoms with van der Waals surface area (Å²) in [5.74, 6) is 0.744. The van der Waals surface area contributed by atoms with Crippen LogP contribution in [-0.4, -0.2) is 45.0 Å². The van der Waals surface area contributed by atoms with E-state index in [9.17, 15) is 14.4 Å². The highest BCUT2D eigenvalue weighted by atomic mass is 32.2. The van der Waals surface area contributed by atoms with Gasteiger partial charge in [0.2, 0.25) is 11.0 Å². The molecule has 0 fully saturated rings.